The molecule has 2 N–H and O–H groups in total. The van der Waals surface area contributed by atoms with Gasteiger partial charge in [0, 0.05) is 18.8 Å². The van der Waals surface area contributed by atoms with Gasteiger partial charge in [-0.3, -0.25) is 9.48 Å². The van der Waals surface area contributed by atoms with E-state index in [9.17, 15) is 19.1 Å². The number of carbonyl (C=O) groups is 2. The van der Waals surface area contributed by atoms with E-state index >= 15 is 0 Å². The lowest BCUT2D eigenvalue weighted by Crippen LogP contribution is -2.45. The highest BCUT2D eigenvalue weighted by atomic mass is 19.1. The first-order chi connectivity index (χ1) is 10.5. The molecule has 0 aliphatic carbocycles. The summed E-state index contributed by atoms with van der Waals surface area (Å²) in [6, 6.07) is 5.46. The zero-order chi connectivity index (χ0) is 16.1. The highest BCUT2D eigenvalue weighted by Gasteiger charge is 2.24. The van der Waals surface area contributed by atoms with Crippen LogP contribution in [0.25, 0.3) is 0 Å². The van der Waals surface area contributed by atoms with Crippen LogP contribution in [0, 0.1) is 5.82 Å². The number of benzene rings is 1. The van der Waals surface area contributed by atoms with Crippen molar-refractivity contribution < 1.29 is 19.1 Å². The maximum Gasteiger partial charge on any atom is 0.326 e. The predicted molar refractivity (Wildman–Crippen MR) is 76.6 cm³/mol. The Morgan fingerprint density at radius 2 is 2.05 bits per heavy atom. The van der Waals surface area contributed by atoms with Gasteiger partial charge >= 0.3 is 5.97 Å². The monoisotopic (exact) mass is 305 g/mol. The minimum Gasteiger partial charge on any atom is -0.480 e. The second-order valence-corrected chi connectivity index (χ2v) is 4.89. The molecular weight excluding hydrogens is 289 g/mol. The SMILES string of the molecule is CC(C(=O)NC(Cc1ccc(F)cc1)C(=O)O)n1cccn1. The standard InChI is InChI=1S/C15H16FN3O3/c1-10(19-8-2-7-17-19)14(20)18-13(15(21)22)9-11-3-5-12(16)6-4-11/h2-8,10,13H,9H2,1H3,(H,18,20)(H,21,22). The van der Waals surface area contributed by atoms with Crippen molar-refractivity contribution in [3.05, 3.63) is 54.1 Å². The van der Waals surface area contributed by atoms with Crippen LogP contribution in [0.5, 0.6) is 0 Å². The number of hydrogen-bond donors (Lipinski definition) is 2. The molecule has 0 aliphatic rings. The van der Waals surface area contributed by atoms with Gasteiger partial charge in [0.05, 0.1) is 0 Å². The van der Waals surface area contributed by atoms with Crippen molar-refractivity contribution in [1.82, 2.24) is 15.1 Å². The van der Waals surface area contributed by atoms with Crippen LogP contribution in [0.3, 0.4) is 0 Å². The summed E-state index contributed by atoms with van der Waals surface area (Å²) < 4.78 is 14.3. The summed E-state index contributed by atoms with van der Waals surface area (Å²) in [7, 11) is 0. The van der Waals surface area contributed by atoms with E-state index < -0.39 is 29.8 Å². The Labute approximate surface area is 126 Å². The normalized spacial score (nSPS) is 13.4. The van der Waals surface area contributed by atoms with Crippen molar-refractivity contribution in [2.75, 3.05) is 0 Å². The number of nitrogens with zero attached hydrogens (tertiary/aromatic N) is 2. The van der Waals surface area contributed by atoms with E-state index in [-0.39, 0.29) is 6.42 Å². The lowest BCUT2D eigenvalue weighted by atomic mass is 10.1. The minimum atomic E-state index is -1.15. The third kappa shape index (κ3) is 3.91. The lowest BCUT2D eigenvalue weighted by molar-refractivity contribution is -0.142. The van der Waals surface area contributed by atoms with Crippen LogP contribution in [-0.4, -0.2) is 32.8 Å². The number of carbonyl (C=O) groups excluding carboxylic acids is 1. The largest absolute Gasteiger partial charge is 0.480 e. The predicted octanol–water partition coefficient (Wildman–Crippen LogP) is 1.40. The lowest BCUT2D eigenvalue weighted by Gasteiger charge is -2.18. The van der Waals surface area contributed by atoms with Crippen LogP contribution in [0.15, 0.2) is 42.7 Å². The molecule has 0 aliphatic heterocycles. The van der Waals surface area contributed by atoms with Gasteiger partial charge in [-0.05, 0) is 30.7 Å². The molecule has 0 fully saturated rings. The fourth-order valence-electron chi connectivity index (χ4n) is 1.98. The number of carboxylic acid groups (broad SMARTS) is 1. The molecule has 1 amide bonds. The fourth-order valence-corrected chi connectivity index (χ4v) is 1.98. The molecular formula is C15H16FN3O3. The van der Waals surface area contributed by atoms with Crippen LogP contribution >= 0.6 is 0 Å². The molecule has 2 aromatic rings. The van der Waals surface area contributed by atoms with Crippen molar-refractivity contribution in [2.45, 2.75) is 25.4 Å². The summed E-state index contributed by atoms with van der Waals surface area (Å²) >= 11 is 0. The Bertz CT molecular complexity index is 641. The Hall–Kier alpha value is -2.70. The van der Waals surface area contributed by atoms with Crippen LogP contribution < -0.4 is 5.32 Å². The smallest absolute Gasteiger partial charge is 0.326 e. The zero-order valence-electron chi connectivity index (χ0n) is 11.9. The molecule has 2 rings (SSSR count). The first-order valence-electron chi connectivity index (χ1n) is 6.74. The Morgan fingerprint density at radius 1 is 1.36 bits per heavy atom. The highest BCUT2D eigenvalue weighted by molar-refractivity contribution is 5.85. The van der Waals surface area contributed by atoms with Gasteiger partial charge in [-0.2, -0.15) is 5.10 Å². The number of amides is 1. The van der Waals surface area contributed by atoms with Gasteiger partial charge in [-0.15, -0.1) is 0 Å². The van der Waals surface area contributed by atoms with Gasteiger partial charge in [-0.1, -0.05) is 12.1 Å². The molecule has 0 radical (unpaired) electrons. The maximum atomic E-state index is 12.9. The van der Waals surface area contributed by atoms with Crippen molar-refractivity contribution in [3.63, 3.8) is 0 Å². The molecule has 116 valence electrons. The van der Waals surface area contributed by atoms with Gasteiger partial charge in [-0.25, -0.2) is 9.18 Å². The van der Waals surface area contributed by atoms with Gasteiger partial charge in [0.1, 0.15) is 17.9 Å². The van der Waals surface area contributed by atoms with E-state index in [1.807, 2.05) is 0 Å². The number of carboxylic acids is 1. The van der Waals surface area contributed by atoms with Crippen LogP contribution in [0.2, 0.25) is 0 Å². The molecule has 0 bridgehead atoms. The number of nitrogens with one attached hydrogen (secondary N) is 1. The number of rotatable bonds is 6. The summed E-state index contributed by atoms with van der Waals surface area (Å²) in [4.78, 5) is 23.4. The van der Waals surface area contributed by atoms with E-state index in [0.717, 1.165) is 0 Å². The molecule has 0 saturated heterocycles. The van der Waals surface area contributed by atoms with Crippen molar-refractivity contribution in [1.29, 1.82) is 0 Å². The average Bonchev–Trinajstić information content (AvgIpc) is 3.02. The molecule has 7 heteroatoms. The molecule has 0 spiro atoms. The Kier molecular flexibility index (Phi) is 4.88. The second kappa shape index (κ2) is 6.84. The summed E-state index contributed by atoms with van der Waals surface area (Å²) in [5.41, 5.74) is 0.626. The Morgan fingerprint density at radius 3 is 2.59 bits per heavy atom. The van der Waals surface area contributed by atoms with Crippen molar-refractivity contribution >= 4 is 11.9 Å². The number of hydrogen-bond acceptors (Lipinski definition) is 3. The van der Waals surface area contributed by atoms with Crippen LogP contribution in [-0.2, 0) is 16.0 Å². The molecule has 6 nitrogen and oxygen atoms in total. The summed E-state index contributed by atoms with van der Waals surface area (Å²) in [6.07, 6.45) is 3.24. The molecule has 22 heavy (non-hydrogen) atoms. The molecule has 1 heterocycles. The number of halogens is 1. The summed E-state index contributed by atoms with van der Waals surface area (Å²) in [5.74, 6) is -1.99. The number of aliphatic carboxylic acids is 1. The number of aromatic nitrogens is 2. The van der Waals surface area contributed by atoms with Gasteiger partial charge in [0.15, 0.2) is 0 Å². The van der Waals surface area contributed by atoms with Gasteiger partial charge in [0.25, 0.3) is 0 Å². The average molecular weight is 305 g/mol. The Balaban J connectivity index is 2.04. The first kappa shape index (κ1) is 15.7. The van der Waals surface area contributed by atoms with Crippen molar-refractivity contribution in [2.24, 2.45) is 0 Å². The summed E-state index contributed by atoms with van der Waals surface area (Å²) in [5, 5.41) is 15.7. The molecule has 0 saturated carbocycles. The quantitative estimate of drug-likeness (QED) is 0.845. The maximum absolute atomic E-state index is 12.9. The van der Waals surface area contributed by atoms with E-state index in [2.05, 4.69) is 10.4 Å². The second-order valence-electron chi connectivity index (χ2n) is 4.89. The van der Waals surface area contributed by atoms with E-state index in [4.69, 9.17) is 0 Å². The first-order valence-corrected chi connectivity index (χ1v) is 6.74. The molecule has 2 unspecified atom stereocenters. The van der Waals surface area contributed by atoms with E-state index in [1.165, 1.54) is 35.1 Å². The highest BCUT2D eigenvalue weighted by Crippen LogP contribution is 2.08. The van der Waals surface area contributed by atoms with Gasteiger partial charge < -0.3 is 10.4 Å². The third-order valence-electron chi connectivity index (χ3n) is 3.27. The van der Waals surface area contributed by atoms with Gasteiger partial charge in [0.2, 0.25) is 5.91 Å². The topological polar surface area (TPSA) is 84.2 Å². The van der Waals surface area contributed by atoms with Crippen LogP contribution in [0.4, 0.5) is 4.39 Å². The van der Waals surface area contributed by atoms with Crippen molar-refractivity contribution in [3.8, 4) is 0 Å². The fraction of sp³-hybridized carbons (Fsp3) is 0.267. The molecule has 1 aromatic carbocycles. The molecule has 1 aromatic heterocycles. The zero-order valence-corrected chi connectivity index (χ0v) is 11.9. The summed E-state index contributed by atoms with van der Waals surface area (Å²) in [6.45, 7) is 1.62. The molecule has 2 atom stereocenters. The van der Waals surface area contributed by atoms with E-state index in [0.29, 0.717) is 5.56 Å². The third-order valence-corrected chi connectivity index (χ3v) is 3.27. The minimum absolute atomic E-state index is 0.0766. The van der Waals surface area contributed by atoms with Crippen LogP contribution in [0.1, 0.15) is 18.5 Å². The van der Waals surface area contributed by atoms with E-state index in [1.54, 1.807) is 19.2 Å².